The number of ether oxygens (including phenoxy) is 1. The van der Waals surface area contributed by atoms with Crippen LogP contribution in [0.25, 0.3) is 0 Å². The number of rotatable bonds is 4. The molecule has 0 aliphatic carbocycles. The van der Waals surface area contributed by atoms with Crippen molar-refractivity contribution in [3.63, 3.8) is 0 Å². The molecule has 0 amide bonds. The van der Waals surface area contributed by atoms with Gasteiger partial charge in [0, 0.05) is 6.42 Å². The van der Waals surface area contributed by atoms with E-state index in [9.17, 15) is 13.9 Å². The smallest absolute Gasteiger partial charge is 0.168 e. The number of hydrogen-bond acceptors (Lipinski definition) is 2. The Morgan fingerprint density at radius 3 is 2.58 bits per heavy atom. The molecule has 0 heterocycles. The largest absolute Gasteiger partial charge is 0.494 e. The summed E-state index contributed by atoms with van der Waals surface area (Å²) < 4.78 is 31.9. The van der Waals surface area contributed by atoms with Crippen molar-refractivity contribution in [1.82, 2.24) is 0 Å². The zero-order valence-electron chi connectivity index (χ0n) is 10.4. The fourth-order valence-corrected chi connectivity index (χ4v) is 1.91. The van der Waals surface area contributed by atoms with Gasteiger partial charge in [-0.3, -0.25) is 0 Å². The second kappa shape index (κ2) is 5.80. The molecule has 0 aromatic heterocycles. The van der Waals surface area contributed by atoms with E-state index in [4.69, 9.17) is 4.74 Å². The quantitative estimate of drug-likeness (QED) is 0.918. The zero-order valence-corrected chi connectivity index (χ0v) is 10.4. The molecule has 4 heteroatoms. The van der Waals surface area contributed by atoms with Crippen LogP contribution in [-0.2, 0) is 6.42 Å². The maximum Gasteiger partial charge on any atom is 0.168 e. The van der Waals surface area contributed by atoms with E-state index in [2.05, 4.69) is 0 Å². The van der Waals surface area contributed by atoms with Crippen LogP contribution in [0.3, 0.4) is 0 Å². The van der Waals surface area contributed by atoms with Crippen molar-refractivity contribution in [1.29, 1.82) is 0 Å². The third kappa shape index (κ3) is 3.09. The molecule has 0 aliphatic rings. The van der Waals surface area contributed by atoms with E-state index in [1.807, 2.05) is 0 Å². The highest BCUT2D eigenvalue weighted by atomic mass is 19.1. The molecule has 0 bridgehead atoms. The summed E-state index contributed by atoms with van der Waals surface area (Å²) in [5.41, 5.74) is 0.748. The molecule has 2 aromatic carbocycles. The minimum atomic E-state index is -0.961. The highest BCUT2D eigenvalue weighted by Crippen LogP contribution is 2.25. The van der Waals surface area contributed by atoms with Crippen molar-refractivity contribution < 1.29 is 18.6 Å². The molecule has 100 valence electrons. The molecular formula is C15H14F2O2. The number of halogens is 2. The van der Waals surface area contributed by atoms with Gasteiger partial charge >= 0.3 is 0 Å². The summed E-state index contributed by atoms with van der Waals surface area (Å²) in [5, 5.41) is 10.0. The molecule has 19 heavy (non-hydrogen) atoms. The number of aliphatic hydroxyl groups is 1. The van der Waals surface area contributed by atoms with Gasteiger partial charge in [0.05, 0.1) is 13.2 Å². The Bertz CT molecular complexity index is 570. The molecule has 0 aliphatic heterocycles. The van der Waals surface area contributed by atoms with Crippen LogP contribution in [0.15, 0.2) is 42.5 Å². The molecule has 0 radical (unpaired) electrons. The Kier molecular flexibility index (Phi) is 4.12. The second-order valence-electron chi connectivity index (χ2n) is 4.21. The predicted octanol–water partition coefficient (Wildman–Crippen LogP) is 3.25. The highest BCUT2D eigenvalue weighted by Gasteiger charge is 2.14. The lowest BCUT2D eigenvalue weighted by Gasteiger charge is -2.13. The second-order valence-corrected chi connectivity index (χ2v) is 4.21. The average molecular weight is 264 g/mol. The van der Waals surface area contributed by atoms with Crippen molar-refractivity contribution in [3.8, 4) is 5.75 Å². The first-order valence-corrected chi connectivity index (χ1v) is 5.86. The lowest BCUT2D eigenvalue weighted by molar-refractivity contribution is 0.176. The van der Waals surface area contributed by atoms with Crippen LogP contribution in [0.2, 0.25) is 0 Å². The summed E-state index contributed by atoms with van der Waals surface area (Å²) in [6.45, 7) is 0. The molecule has 2 nitrogen and oxygen atoms in total. The number of methoxy groups -OCH3 is 1. The average Bonchev–Trinajstić information content (AvgIpc) is 2.41. The van der Waals surface area contributed by atoms with Crippen molar-refractivity contribution in [3.05, 3.63) is 65.2 Å². The van der Waals surface area contributed by atoms with E-state index >= 15 is 0 Å². The van der Waals surface area contributed by atoms with E-state index < -0.39 is 17.7 Å². The zero-order chi connectivity index (χ0) is 13.8. The summed E-state index contributed by atoms with van der Waals surface area (Å²) in [6.07, 6.45) is -0.899. The summed E-state index contributed by atoms with van der Waals surface area (Å²) in [5.74, 6) is -0.799. The maximum absolute atomic E-state index is 13.9. The minimum Gasteiger partial charge on any atom is -0.494 e. The van der Waals surface area contributed by atoms with Gasteiger partial charge in [0.2, 0.25) is 0 Å². The first-order valence-electron chi connectivity index (χ1n) is 5.86. The van der Waals surface area contributed by atoms with Gasteiger partial charge in [0.1, 0.15) is 5.82 Å². The van der Waals surface area contributed by atoms with E-state index in [1.54, 1.807) is 18.2 Å². The Hall–Kier alpha value is -1.94. The summed E-state index contributed by atoms with van der Waals surface area (Å²) in [6, 6.07) is 10.4. The van der Waals surface area contributed by atoms with Crippen LogP contribution in [0.4, 0.5) is 8.78 Å². The summed E-state index contributed by atoms with van der Waals surface area (Å²) in [7, 11) is 1.38. The molecule has 2 aromatic rings. The molecule has 0 saturated heterocycles. The number of aliphatic hydroxyl groups excluding tert-OH is 1. The van der Waals surface area contributed by atoms with Gasteiger partial charge in [-0.25, -0.2) is 8.78 Å². The van der Waals surface area contributed by atoms with Gasteiger partial charge in [0.15, 0.2) is 11.6 Å². The predicted molar refractivity (Wildman–Crippen MR) is 68.0 cm³/mol. The van der Waals surface area contributed by atoms with Gasteiger partial charge in [0.25, 0.3) is 0 Å². The van der Waals surface area contributed by atoms with Gasteiger partial charge in [-0.2, -0.15) is 0 Å². The molecule has 0 spiro atoms. The van der Waals surface area contributed by atoms with Crippen molar-refractivity contribution >= 4 is 0 Å². The van der Waals surface area contributed by atoms with Crippen LogP contribution in [-0.4, -0.2) is 12.2 Å². The Morgan fingerprint density at radius 1 is 1.16 bits per heavy atom. The van der Waals surface area contributed by atoms with Crippen LogP contribution in [0.1, 0.15) is 17.2 Å². The van der Waals surface area contributed by atoms with Gasteiger partial charge in [-0.05, 0) is 29.3 Å². The van der Waals surface area contributed by atoms with E-state index in [0.29, 0.717) is 11.1 Å². The Balaban J connectivity index is 2.21. The monoisotopic (exact) mass is 264 g/mol. The Labute approximate surface area is 110 Å². The first-order chi connectivity index (χ1) is 9.11. The first kappa shape index (κ1) is 13.5. The molecule has 0 saturated carbocycles. The third-order valence-corrected chi connectivity index (χ3v) is 2.91. The number of benzene rings is 2. The van der Waals surface area contributed by atoms with Crippen molar-refractivity contribution in [2.75, 3.05) is 7.11 Å². The van der Waals surface area contributed by atoms with E-state index in [0.717, 1.165) is 0 Å². The van der Waals surface area contributed by atoms with Crippen molar-refractivity contribution in [2.24, 2.45) is 0 Å². The van der Waals surface area contributed by atoms with E-state index in [1.165, 1.54) is 31.4 Å². The van der Waals surface area contributed by atoms with Gasteiger partial charge < -0.3 is 9.84 Å². The third-order valence-electron chi connectivity index (χ3n) is 2.91. The topological polar surface area (TPSA) is 29.5 Å². The van der Waals surface area contributed by atoms with E-state index in [-0.39, 0.29) is 12.2 Å². The number of hydrogen-bond donors (Lipinski definition) is 1. The standard InChI is InChI=1S/C15H14F2O2/c1-19-14-7-3-5-11(15(14)17)9-13(18)10-4-2-6-12(16)8-10/h2-8,13,18H,9H2,1H3. The van der Waals surface area contributed by atoms with Gasteiger partial charge in [-0.1, -0.05) is 24.3 Å². The summed E-state index contributed by atoms with van der Waals surface area (Å²) in [4.78, 5) is 0. The van der Waals surface area contributed by atoms with Crippen molar-refractivity contribution in [2.45, 2.75) is 12.5 Å². The fourth-order valence-electron chi connectivity index (χ4n) is 1.91. The molecule has 2 rings (SSSR count). The normalized spacial score (nSPS) is 12.2. The minimum absolute atomic E-state index is 0.0620. The Morgan fingerprint density at radius 2 is 1.89 bits per heavy atom. The lowest BCUT2D eigenvalue weighted by Crippen LogP contribution is -2.04. The molecule has 1 N–H and O–H groups in total. The maximum atomic E-state index is 13.9. The van der Waals surface area contributed by atoms with Gasteiger partial charge in [-0.15, -0.1) is 0 Å². The van der Waals surface area contributed by atoms with Crippen LogP contribution >= 0.6 is 0 Å². The van der Waals surface area contributed by atoms with Crippen LogP contribution in [0, 0.1) is 11.6 Å². The van der Waals surface area contributed by atoms with Crippen LogP contribution < -0.4 is 4.74 Å². The highest BCUT2D eigenvalue weighted by molar-refractivity contribution is 5.32. The molecule has 1 unspecified atom stereocenters. The lowest BCUT2D eigenvalue weighted by atomic mass is 10.0. The SMILES string of the molecule is COc1cccc(CC(O)c2cccc(F)c2)c1F. The molecule has 0 fully saturated rings. The summed E-state index contributed by atoms with van der Waals surface area (Å²) >= 11 is 0. The molecular weight excluding hydrogens is 250 g/mol. The molecule has 1 atom stereocenters. The fraction of sp³-hybridized carbons (Fsp3) is 0.200. The van der Waals surface area contributed by atoms with Crippen LogP contribution in [0.5, 0.6) is 5.75 Å².